The third-order valence-corrected chi connectivity index (χ3v) is 2.84. The molecule has 0 aliphatic rings. The highest BCUT2D eigenvalue weighted by Crippen LogP contribution is 2.10. The van der Waals surface area contributed by atoms with Crippen LogP contribution in [0.5, 0.6) is 0 Å². The van der Waals surface area contributed by atoms with Crippen LogP contribution < -0.4 is 0 Å². The van der Waals surface area contributed by atoms with Crippen molar-refractivity contribution in [2.75, 3.05) is 5.75 Å². The fourth-order valence-electron chi connectivity index (χ4n) is 1.47. The standard InChI is InChI=1S/C11H14O3S/c1-9-3-2-4-10(5-9)6-11(7-12)8-15(13)14/h2-5,7,11H,6,8H2,1H3,(H,13,14). The minimum atomic E-state index is -1.91. The number of hydrogen-bond acceptors (Lipinski definition) is 2. The molecule has 0 bridgehead atoms. The van der Waals surface area contributed by atoms with Crippen molar-refractivity contribution in [2.45, 2.75) is 13.3 Å². The summed E-state index contributed by atoms with van der Waals surface area (Å²) in [7, 11) is 0. The zero-order chi connectivity index (χ0) is 11.3. The van der Waals surface area contributed by atoms with Crippen molar-refractivity contribution in [1.82, 2.24) is 0 Å². The molecule has 3 nitrogen and oxygen atoms in total. The van der Waals surface area contributed by atoms with Crippen molar-refractivity contribution in [3.63, 3.8) is 0 Å². The Kier molecular flexibility index (Phi) is 4.65. The van der Waals surface area contributed by atoms with E-state index < -0.39 is 11.1 Å². The maximum absolute atomic E-state index is 10.7. The predicted octanol–water partition coefficient (Wildman–Crippen LogP) is 1.57. The van der Waals surface area contributed by atoms with E-state index in [1.165, 1.54) is 0 Å². The van der Waals surface area contributed by atoms with Gasteiger partial charge in [0.2, 0.25) is 0 Å². The number of carbonyl (C=O) groups excluding carboxylic acids is 1. The van der Waals surface area contributed by atoms with Gasteiger partial charge >= 0.3 is 0 Å². The summed E-state index contributed by atoms with van der Waals surface area (Å²) in [5.41, 5.74) is 2.15. The monoisotopic (exact) mass is 226 g/mol. The van der Waals surface area contributed by atoms with Gasteiger partial charge in [-0.3, -0.25) is 0 Å². The molecule has 1 rings (SSSR count). The van der Waals surface area contributed by atoms with Crippen LogP contribution in [0, 0.1) is 12.8 Å². The lowest BCUT2D eigenvalue weighted by Crippen LogP contribution is -2.14. The number of carbonyl (C=O) groups is 1. The molecule has 1 aromatic carbocycles. The van der Waals surface area contributed by atoms with Gasteiger partial charge in [-0.1, -0.05) is 29.8 Å². The highest BCUT2D eigenvalue weighted by atomic mass is 32.2. The molecule has 4 heteroatoms. The van der Waals surface area contributed by atoms with Crippen molar-refractivity contribution in [3.05, 3.63) is 35.4 Å². The molecule has 0 amide bonds. The van der Waals surface area contributed by atoms with E-state index in [-0.39, 0.29) is 11.7 Å². The normalized spacial score (nSPS) is 14.5. The van der Waals surface area contributed by atoms with Crippen LogP contribution >= 0.6 is 0 Å². The van der Waals surface area contributed by atoms with E-state index in [1.807, 2.05) is 31.2 Å². The van der Waals surface area contributed by atoms with Crippen LogP contribution in [0.25, 0.3) is 0 Å². The van der Waals surface area contributed by atoms with Gasteiger partial charge in [-0.05, 0) is 18.9 Å². The summed E-state index contributed by atoms with van der Waals surface area (Å²) < 4.78 is 19.3. The molecule has 0 saturated heterocycles. The number of aryl methyl sites for hydroxylation is 1. The second-order valence-electron chi connectivity index (χ2n) is 3.58. The zero-order valence-electron chi connectivity index (χ0n) is 8.55. The molecule has 1 N–H and O–H groups in total. The summed E-state index contributed by atoms with van der Waals surface area (Å²) in [5, 5.41) is 0. The highest BCUT2D eigenvalue weighted by Gasteiger charge is 2.11. The van der Waals surface area contributed by atoms with Gasteiger partial charge < -0.3 is 9.35 Å². The summed E-state index contributed by atoms with van der Waals surface area (Å²) in [6, 6.07) is 7.80. The Morgan fingerprint density at radius 2 is 2.27 bits per heavy atom. The van der Waals surface area contributed by atoms with Crippen molar-refractivity contribution in [2.24, 2.45) is 5.92 Å². The van der Waals surface area contributed by atoms with Crippen LogP contribution in [0.2, 0.25) is 0 Å². The minimum Gasteiger partial charge on any atom is -0.306 e. The lowest BCUT2D eigenvalue weighted by molar-refractivity contribution is -0.110. The first kappa shape index (κ1) is 12.1. The molecule has 0 fully saturated rings. The van der Waals surface area contributed by atoms with Gasteiger partial charge in [0, 0.05) is 5.92 Å². The lowest BCUT2D eigenvalue weighted by atomic mass is 10.0. The van der Waals surface area contributed by atoms with E-state index in [0.717, 1.165) is 17.4 Å². The molecule has 1 aromatic rings. The van der Waals surface area contributed by atoms with Crippen molar-refractivity contribution >= 4 is 17.4 Å². The summed E-state index contributed by atoms with van der Waals surface area (Å²) in [5.74, 6) is -0.366. The summed E-state index contributed by atoms with van der Waals surface area (Å²) in [4.78, 5) is 10.7. The highest BCUT2D eigenvalue weighted by molar-refractivity contribution is 7.79. The summed E-state index contributed by atoms with van der Waals surface area (Å²) >= 11 is -1.91. The minimum absolute atomic E-state index is 0.0114. The molecule has 0 aromatic heterocycles. The predicted molar refractivity (Wildman–Crippen MR) is 60.1 cm³/mol. The second kappa shape index (κ2) is 5.78. The maximum Gasteiger partial charge on any atom is 0.153 e. The van der Waals surface area contributed by atoms with E-state index in [1.54, 1.807) is 0 Å². The first-order valence-corrected chi connectivity index (χ1v) is 5.97. The Labute approximate surface area is 91.8 Å². The maximum atomic E-state index is 10.7. The van der Waals surface area contributed by atoms with E-state index in [9.17, 15) is 9.00 Å². The van der Waals surface area contributed by atoms with E-state index >= 15 is 0 Å². The molecule has 15 heavy (non-hydrogen) atoms. The molecular formula is C11H14O3S. The Hall–Kier alpha value is -1.00. The van der Waals surface area contributed by atoms with Crippen LogP contribution in [0.1, 0.15) is 11.1 Å². The molecule has 0 heterocycles. The SMILES string of the molecule is Cc1cccc(CC(C=O)CS(=O)O)c1. The molecule has 2 unspecified atom stereocenters. The third kappa shape index (κ3) is 4.36. The Morgan fingerprint density at radius 1 is 1.53 bits per heavy atom. The number of aldehydes is 1. The quantitative estimate of drug-likeness (QED) is 0.612. The third-order valence-electron chi connectivity index (χ3n) is 2.13. The zero-order valence-corrected chi connectivity index (χ0v) is 9.37. The van der Waals surface area contributed by atoms with Gasteiger partial charge in [-0.15, -0.1) is 0 Å². The smallest absolute Gasteiger partial charge is 0.153 e. The number of rotatable bonds is 5. The van der Waals surface area contributed by atoms with Gasteiger partial charge in [0.25, 0.3) is 0 Å². The summed E-state index contributed by atoms with van der Waals surface area (Å²) in [6.45, 7) is 1.98. The molecule has 0 aliphatic carbocycles. The topological polar surface area (TPSA) is 54.4 Å². The summed E-state index contributed by atoms with van der Waals surface area (Å²) in [6.07, 6.45) is 1.27. The fraction of sp³-hybridized carbons (Fsp3) is 0.364. The van der Waals surface area contributed by atoms with Crippen molar-refractivity contribution < 1.29 is 13.6 Å². The fourth-order valence-corrected chi connectivity index (χ4v) is 2.03. The molecule has 2 atom stereocenters. The molecule has 0 radical (unpaired) electrons. The van der Waals surface area contributed by atoms with Gasteiger partial charge in [-0.25, -0.2) is 4.21 Å². The van der Waals surface area contributed by atoms with Crippen molar-refractivity contribution in [3.8, 4) is 0 Å². The molecular weight excluding hydrogens is 212 g/mol. The first-order valence-electron chi connectivity index (χ1n) is 4.70. The molecule has 0 aliphatic heterocycles. The second-order valence-corrected chi connectivity index (χ2v) is 4.55. The van der Waals surface area contributed by atoms with E-state index in [2.05, 4.69) is 0 Å². The first-order chi connectivity index (χ1) is 7.11. The van der Waals surface area contributed by atoms with Gasteiger partial charge in [0.1, 0.15) is 6.29 Å². The average molecular weight is 226 g/mol. The van der Waals surface area contributed by atoms with E-state index in [4.69, 9.17) is 4.55 Å². The molecule has 0 saturated carbocycles. The van der Waals surface area contributed by atoms with Gasteiger partial charge in [0.05, 0.1) is 5.75 Å². The van der Waals surface area contributed by atoms with Crippen LogP contribution in [0.4, 0.5) is 0 Å². The Balaban J connectivity index is 2.66. The lowest BCUT2D eigenvalue weighted by Gasteiger charge is -2.08. The Morgan fingerprint density at radius 3 is 2.80 bits per heavy atom. The Bertz CT molecular complexity index is 363. The largest absolute Gasteiger partial charge is 0.306 e. The van der Waals surface area contributed by atoms with Crippen LogP contribution in [0.15, 0.2) is 24.3 Å². The van der Waals surface area contributed by atoms with Crippen molar-refractivity contribution in [1.29, 1.82) is 0 Å². The average Bonchev–Trinajstić information content (AvgIpc) is 2.16. The molecule has 0 spiro atoms. The van der Waals surface area contributed by atoms with E-state index in [0.29, 0.717) is 6.42 Å². The molecule has 82 valence electrons. The number of benzene rings is 1. The van der Waals surface area contributed by atoms with Crippen LogP contribution in [-0.2, 0) is 22.3 Å². The number of hydrogen-bond donors (Lipinski definition) is 1. The van der Waals surface area contributed by atoms with Crippen LogP contribution in [-0.4, -0.2) is 20.8 Å². The van der Waals surface area contributed by atoms with Gasteiger partial charge in [0.15, 0.2) is 11.1 Å². The van der Waals surface area contributed by atoms with Gasteiger partial charge in [-0.2, -0.15) is 0 Å². The van der Waals surface area contributed by atoms with Crippen LogP contribution in [0.3, 0.4) is 0 Å².